The summed E-state index contributed by atoms with van der Waals surface area (Å²) in [6.45, 7) is 2.24. The predicted molar refractivity (Wildman–Crippen MR) is 70.2 cm³/mol. The third-order valence-electron chi connectivity index (χ3n) is 2.64. The van der Waals surface area contributed by atoms with Crippen molar-refractivity contribution in [3.05, 3.63) is 36.0 Å². The van der Waals surface area contributed by atoms with E-state index in [4.69, 9.17) is 11.3 Å². The van der Waals surface area contributed by atoms with Crippen molar-refractivity contribution in [3.8, 4) is 0 Å². The number of hydrogen-bond donors (Lipinski definition) is 2. The number of carboxylic acid groups (broad SMARTS) is 1. The molecule has 3 heteroatoms. The van der Waals surface area contributed by atoms with Crippen LogP contribution in [0.4, 0.5) is 0 Å². The van der Waals surface area contributed by atoms with E-state index < -0.39 is 6.45 Å². The number of hydrogen-bond acceptors (Lipinski definition) is 1. The molecule has 17 heavy (non-hydrogen) atoms. The van der Waals surface area contributed by atoms with Crippen molar-refractivity contribution in [2.45, 2.75) is 32.6 Å². The highest BCUT2D eigenvalue weighted by molar-refractivity contribution is 5.80. The zero-order valence-corrected chi connectivity index (χ0v) is 10.1. The van der Waals surface area contributed by atoms with Crippen molar-refractivity contribution < 1.29 is 11.3 Å². The second-order valence-electron chi connectivity index (χ2n) is 3.93. The summed E-state index contributed by atoms with van der Waals surface area (Å²) >= 11 is 0. The maximum atomic E-state index is 8.67. The molecule has 0 aliphatic rings. The lowest BCUT2D eigenvalue weighted by Gasteiger charge is -1.95. The smallest absolute Gasteiger partial charge is 0.290 e. The number of benzene rings is 1. The number of H-pyrrole nitrogens is 1. The Hall–Kier alpha value is -1.77. The summed E-state index contributed by atoms with van der Waals surface area (Å²) in [5.74, 6) is 0. The van der Waals surface area contributed by atoms with Gasteiger partial charge in [-0.25, -0.2) is 0 Å². The van der Waals surface area contributed by atoms with Crippen LogP contribution in [0.2, 0.25) is 0 Å². The van der Waals surface area contributed by atoms with Gasteiger partial charge in [0.05, 0.1) is 0 Å². The Morgan fingerprint density at radius 1 is 1.41 bits per heavy atom. The van der Waals surface area contributed by atoms with E-state index in [-0.39, 0.29) is 0 Å². The summed E-state index contributed by atoms with van der Waals surface area (Å²) in [7, 11) is 0. The molecule has 0 spiro atoms. The number of rotatable bonds is 4. The predicted octanol–water partition coefficient (Wildman–Crippen LogP) is 3.60. The van der Waals surface area contributed by atoms with Gasteiger partial charge in [-0.2, -0.15) is 0 Å². The van der Waals surface area contributed by atoms with Crippen LogP contribution < -0.4 is 0 Å². The lowest BCUT2D eigenvalue weighted by Crippen LogP contribution is -1.84. The first-order valence-electron chi connectivity index (χ1n) is 6.39. The molecule has 2 rings (SSSR count). The fraction of sp³-hybridized carbons (Fsp3) is 0.357. The van der Waals surface area contributed by atoms with Crippen molar-refractivity contribution in [2.75, 3.05) is 0 Å². The monoisotopic (exact) mass is 234 g/mol. The summed E-state index contributed by atoms with van der Waals surface area (Å²) in [4.78, 5) is 12.1. The fourth-order valence-electron chi connectivity index (χ4n) is 1.83. The van der Waals surface area contributed by atoms with Crippen molar-refractivity contribution in [1.29, 1.82) is 0 Å². The van der Waals surface area contributed by atoms with E-state index >= 15 is 0 Å². The van der Waals surface area contributed by atoms with E-state index in [9.17, 15) is 0 Å². The second kappa shape index (κ2) is 7.49. The van der Waals surface area contributed by atoms with E-state index in [1.165, 1.54) is 42.3 Å². The van der Waals surface area contributed by atoms with E-state index in [0.29, 0.717) is 0 Å². The largest absolute Gasteiger partial charge is 0.483 e. The van der Waals surface area contributed by atoms with E-state index in [2.05, 4.69) is 42.2 Å². The Morgan fingerprint density at radius 2 is 2.12 bits per heavy atom. The van der Waals surface area contributed by atoms with Crippen LogP contribution in [0.1, 0.15) is 33.3 Å². The molecule has 1 aromatic heterocycles. The zero-order chi connectivity index (χ0) is 13.4. The molecule has 92 valence electrons. The summed E-state index contributed by atoms with van der Waals surface area (Å²) in [5, 5.41) is 8.42. The number of aromatic amines is 1. The Labute approximate surface area is 103 Å². The first-order valence-corrected chi connectivity index (χ1v) is 5.89. The van der Waals surface area contributed by atoms with Gasteiger partial charge in [-0.3, -0.25) is 4.79 Å². The summed E-state index contributed by atoms with van der Waals surface area (Å²) in [6, 6.07) is 10.7. The Kier molecular flexibility index (Phi) is 5.16. The van der Waals surface area contributed by atoms with Gasteiger partial charge in [-0.1, -0.05) is 38.0 Å². The van der Waals surface area contributed by atoms with Crippen LogP contribution in [0.3, 0.4) is 0 Å². The number of unbranched alkanes of at least 4 members (excludes halogenated alkanes) is 2. The van der Waals surface area contributed by atoms with Gasteiger partial charge in [0.15, 0.2) is 1.37 Å². The minimum atomic E-state index is -1.58. The number of aromatic nitrogens is 1. The topological polar surface area (TPSA) is 53.1 Å². The van der Waals surface area contributed by atoms with Crippen LogP contribution in [0.15, 0.2) is 30.3 Å². The quantitative estimate of drug-likeness (QED) is 0.627. The van der Waals surface area contributed by atoms with Gasteiger partial charge in [0, 0.05) is 11.2 Å². The number of nitrogens with one attached hydrogen (secondary N) is 1. The third-order valence-corrected chi connectivity index (χ3v) is 2.64. The second-order valence-corrected chi connectivity index (χ2v) is 3.93. The molecule has 0 saturated carbocycles. The summed E-state index contributed by atoms with van der Waals surface area (Å²) in [5.41, 5.74) is 2.64. The summed E-state index contributed by atoms with van der Waals surface area (Å²) < 4.78 is 5.50. The van der Waals surface area contributed by atoms with Crippen LogP contribution in [0, 0.1) is 0 Å². The molecular formula is C14H19NO2. The molecule has 1 aromatic carbocycles. The molecule has 2 aromatic rings. The van der Waals surface area contributed by atoms with Crippen molar-refractivity contribution >= 4 is 17.4 Å². The average Bonchev–Trinajstić information content (AvgIpc) is 2.71. The van der Waals surface area contributed by atoms with Gasteiger partial charge in [0.1, 0.15) is 0 Å². The highest BCUT2D eigenvalue weighted by Gasteiger charge is 1.98. The number of fused-ring (bicyclic) bond motifs is 1. The van der Waals surface area contributed by atoms with E-state index in [1.807, 2.05) is 0 Å². The maximum absolute atomic E-state index is 8.67. The normalized spacial score (nSPS) is 10.5. The molecular weight excluding hydrogens is 214 g/mol. The molecule has 0 radical (unpaired) electrons. The van der Waals surface area contributed by atoms with Gasteiger partial charge >= 0.3 is 0 Å². The molecule has 0 bridgehead atoms. The van der Waals surface area contributed by atoms with E-state index in [1.54, 1.807) is 0 Å². The van der Waals surface area contributed by atoms with Crippen LogP contribution in [-0.2, 0) is 11.2 Å². The molecule has 0 aliphatic carbocycles. The van der Waals surface area contributed by atoms with Crippen LogP contribution in [-0.4, -0.2) is 16.5 Å². The van der Waals surface area contributed by atoms with E-state index in [0.717, 1.165) is 0 Å². The maximum Gasteiger partial charge on any atom is 0.290 e. The summed E-state index contributed by atoms with van der Waals surface area (Å²) in [6.07, 6.45) is 3.52. The first kappa shape index (κ1) is 11.7. The van der Waals surface area contributed by atoms with Crippen LogP contribution >= 0.6 is 0 Å². The molecule has 0 unspecified atom stereocenters. The lowest BCUT2D eigenvalue weighted by atomic mass is 10.1. The van der Waals surface area contributed by atoms with Crippen molar-refractivity contribution in [3.63, 3.8) is 0 Å². The van der Waals surface area contributed by atoms with Crippen molar-refractivity contribution in [1.82, 2.24) is 4.98 Å². The SMILES string of the molecule is CCCCCc1cc2ccccc2[nH]1.[2H]C(=O)O. The molecule has 2 N–H and O–H groups in total. The zero-order valence-electron chi connectivity index (χ0n) is 11.1. The minimum Gasteiger partial charge on any atom is -0.483 e. The lowest BCUT2D eigenvalue weighted by molar-refractivity contribution is -0.122. The van der Waals surface area contributed by atoms with Crippen LogP contribution in [0.5, 0.6) is 0 Å². The molecule has 3 nitrogen and oxygen atoms in total. The molecule has 0 fully saturated rings. The molecule has 0 aliphatic heterocycles. The first-order chi connectivity index (χ1) is 8.63. The highest BCUT2D eigenvalue weighted by Crippen LogP contribution is 2.16. The minimum absolute atomic E-state index is 1.18. The Bertz CT molecular complexity index is 456. The number of aryl methyl sites for hydroxylation is 1. The Balaban J connectivity index is 0.000000357. The molecule has 0 atom stereocenters. The van der Waals surface area contributed by atoms with Gasteiger partial charge in [0.2, 0.25) is 0 Å². The number of carbonyl (C=O) groups is 1. The molecule has 0 amide bonds. The molecule has 0 saturated heterocycles. The molecule has 1 heterocycles. The average molecular weight is 234 g/mol. The Morgan fingerprint density at radius 3 is 2.76 bits per heavy atom. The van der Waals surface area contributed by atoms with Crippen LogP contribution in [0.25, 0.3) is 10.9 Å². The third kappa shape index (κ3) is 4.31. The van der Waals surface area contributed by atoms with Gasteiger partial charge in [-0.05, 0) is 30.4 Å². The van der Waals surface area contributed by atoms with Crippen molar-refractivity contribution in [2.24, 2.45) is 0 Å². The van der Waals surface area contributed by atoms with Gasteiger partial charge < -0.3 is 10.1 Å². The standard InChI is InChI=1S/C13H17N.CH2O2/c1-2-3-4-8-12-10-11-7-5-6-9-13(11)14-12;2-1-3/h5-7,9-10,14H,2-4,8H2,1H3;1H,(H,2,3)/i;1D. The number of para-hydroxylation sites is 1. The van der Waals surface area contributed by atoms with Gasteiger partial charge in [0.25, 0.3) is 6.45 Å². The van der Waals surface area contributed by atoms with Gasteiger partial charge in [-0.15, -0.1) is 0 Å². The highest BCUT2D eigenvalue weighted by atomic mass is 16.3. The fourth-order valence-corrected chi connectivity index (χ4v) is 1.83.